The molecule has 0 heterocycles. The zero-order valence-electron chi connectivity index (χ0n) is 8.44. The van der Waals surface area contributed by atoms with Crippen LogP contribution in [0.15, 0.2) is 0 Å². The van der Waals surface area contributed by atoms with Gasteiger partial charge in [0.1, 0.15) is 0 Å². The van der Waals surface area contributed by atoms with Gasteiger partial charge in [0, 0.05) is 26.0 Å². The maximum absolute atomic E-state index is 11.7. The van der Waals surface area contributed by atoms with E-state index in [0.717, 1.165) is 0 Å². The normalized spacial score (nSPS) is 11.5. The van der Waals surface area contributed by atoms with Crippen LogP contribution in [0.4, 0.5) is 13.2 Å². The first kappa shape index (κ1) is 14.2. The Morgan fingerprint density at radius 2 is 1.87 bits per heavy atom. The van der Waals surface area contributed by atoms with Crippen molar-refractivity contribution < 1.29 is 23.1 Å². The highest BCUT2D eigenvalue weighted by Gasteiger charge is 2.25. The molecule has 0 radical (unpaired) electrons. The quantitative estimate of drug-likeness (QED) is 0.649. The third-order valence-corrected chi connectivity index (χ3v) is 1.77. The summed E-state index contributed by atoms with van der Waals surface area (Å²) in [5.74, 6) is -0.259. The van der Waals surface area contributed by atoms with Crippen LogP contribution in [0.3, 0.4) is 0 Å². The summed E-state index contributed by atoms with van der Waals surface area (Å²) in [5, 5.41) is 10.8. The lowest BCUT2D eigenvalue weighted by molar-refractivity contribution is -0.136. The number of hydrogen-bond acceptors (Lipinski definition) is 2. The lowest BCUT2D eigenvalue weighted by Gasteiger charge is -2.07. The smallest absolute Gasteiger partial charge is 0.389 e. The summed E-state index contributed by atoms with van der Waals surface area (Å²) < 4.78 is 35.1. The molecule has 0 aliphatic carbocycles. The van der Waals surface area contributed by atoms with Gasteiger partial charge >= 0.3 is 6.18 Å². The van der Waals surface area contributed by atoms with Gasteiger partial charge in [-0.1, -0.05) is 0 Å². The van der Waals surface area contributed by atoms with Crippen molar-refractivity contribution in [1.82, 2.24) is 5.32 Å². The van der Waals surface area contributed by atoms with Crippen molar-refractivity contribution in [3.63, 3.8) is 0 Å². The van der Waals surface area contributed by atoms with E-state index in [1.807, 2.05) is 0 Å². The fourth-order valence-electron chi connectivity index (χ4n) is 1.00. The Kier molecular flexibility index (Phi) is 7.11. The van der Waals surface area contributed by atoms with Crippen molar-refractivity contribution in [2.45, 2.75) is 38.3 Å². The van der Waals surface area contributed by atoms with Crippen LogP contribution < -0.4 is 5.32 Å². The number of carbonyl (C=O) groups excluding carboxylic acids is 1. The second kappa shape index (κ2) is 7.50. The Hall–Kier alpha value is -0.780. The van der Waals surface area contributed by atoms with Crippen molar-refractivity contribution in [2.75, 3.05) is 13.2 Å². The first-order valence-electron chi connectivity index (χ1n) is 4.90. The van der Waals surface area contributed by atoms with Crippen LogP contribution in [0.5, 0.6) is 0 Å². The Morgan fingerprint density at radius 1 is 1.20 bits per heavy atom. The lowest BCUT2D eigenvalue weighted by atomic mass is 10.2. The van der Waals surface area contributed by atoms with E-state index in [-0.39, 0.29) is 31.9 Å². The van der Waals surface area contributed by atoms with Gasteiger partial charge in [-0.25, -0.2) is 0 Å². The van der Waals surface area contributed by atoms with Crippen molar-refractivity contribution in [2.24, 2.45) is 0 Å². The molecule has 0 aromatic heterocycles. The molecule has 0 aromatic carbocycles. The zero-order chi connectivity index (χ0) is 11.7. The van der Waals surface area contributed by atoms with E-state index < -0.39 is 12.6 Å². The first-order valence-corrected chi connectivity index (χ1v) is 4.90. The minimum Gasteiger partial charge on any atom is -0.396 e. The highest BCUT2D eigenvalue weighted by molar-refractivity contribution is 5.75. The first-order chi connectivity index (χ1) is 6.95. The molecule has 0 atom stereocenters. The predicted molar refractivity (Wildman–Crippen MR) is 49.2 cm³/mol. The van der Waals surface area contributed by atoms with E-state index in [0.29, 0.717) is 12.8 Å². The van der Waals surface area contributed by atoms with E-state index >= 15 is 0 Å². The molecule has 0 saturated heterocycles. The van der Waals surface area contributed by atoms with Crippen molar-refractivity contribution in [1.29, 1.82) is 0 Å². The van der Waals surface area contributed by atoms with Gasteiger partial charge in [-0.2, -0.15) is 13.2 Å². The number of alkyl halides is 3. The molecule has 0 fully saturated rings. The lowest BCUT2D eigenvalue weighted by Crippen LogP contribution is -2.25. The number of hydrogen-bond donors (Lipinski definition) is 2. The predicted octanol–water partition coefficient (Wildman–Crippen LogP) is 1.61. The van der Waals surface area contributed by atoms with Gasteiger partial charge in [0.05, 0.1) is 0 Å². The van der Waals surface area contributed by atoms with E-state index in [1.165, 1.54) is 0 Å². The summed E-state index contributed by atoms with van der Waals surface area (Å²) >= 11 is 0. The molecule has 0 aliphatic rings. The molecule has 0 aliphatic heterocycles. The summed E-state index contributed by atoms with van der Waals surface area (Å²) in [5.41, 5.74) is 0. The Balaban J connectivity index is 3.32. The number of aliphatic hydroxyl groups is 1. The molecular formula is C9H16F3NO2. The fourth-order valence-corrected chi connectivity index (χ4v) is 1.00. The topological polar surface area (TPSA) is 49.3 Å². The van der Waals surface area contributed by atoms with Crippen molar-refractivity contribution >= 4 is 5.91 Å². The number of rotatable bonds is 7. The van der Waals surface area contributed by atoms with Crippen LogP contribution in [0.1, 0.15) is 32.1 Å². The molecule has 90 valence electrons. The molecule has 1 amide bonds. The molecule has 0 bridgehead atoms. The summed E-state index contributed by atoms with van der Waals surface area (Å²) in [6.45, 7) is 0.0822. The number of carbonyl (C=O) groups is 1. The molecule has 6 heteroatoms. The van der Waals surface area contributed by atoms with Gasteiger partial charge in [-0.15, -0.1) is 0 Å². The average Bonchev–Trinajstić information content (AvgIpc) is 2.11. The van der Waals surface area contributed by atoms with Gasteiger partial charge < -0.3 is 10.4 Å². The van der Waals surface area contributed by atoms with Gasteiger partial charge in [0.15, 0.2) is 0 Å². The highest BCUT2D eigenvalue weighted by Crippen LogP contribution is 2.20. The standard InChI is InChI=1S/C9H16F3NO2/c10-9(11,12)5-3-6-13-8(15)4-1-2-7-14/h14H,1-7H2,(H,13,15). The summed E-state index contributed by atoms with van der Waals surface area (Å²) in [4.78, 5) is 11.0. The van der Waals surface area contributed by atoms with Gasteiger partial charge in [-0.05, 0) is 19.3 Å². The molecule has 0 unspecified atom stereocenters. The summed E-state index contributed by atoms with van der Waals surface area (Å²) in [6.07, 6.45) is -3.76. The van der Waals surface area contributed by atoms with Crippen LogP contribution in [-0.2, 0) is 4.79 Å². The Labute approximate surface area is 86.7 Å². The number of aliphatic hydroxyl groups excluding tert-OH is 1. The van der Waals surface area contributed by atoms with Crippen LogP contribution in [0, 0.1) is 0 Å². The third kappa shape index (κ3) is 11.1. The second-order valence-electron chi connectivity index (χ2n) is 3.25. The minimum atomic E-state index is -4.15. The molecule has 0 saturated carbocycles. The average molecular weight is 227 g/mol. The number of nitrogens with one attached hydrogen (secondary N) is 1. The van der Waals surface area contributed by atoms with Gasteiger partial charge in [0.2, 0.25) is 5.91 Å². The van der Waals surface area contributed by atoms with E-state index in [2.05, 4.69) is 5.32 Å². The maximum Gasteiger partial charge on any atom is 0.389 e. The molecule has 3 nitrogen and oxygen atoms in total. The van der Waals surface area contributed by atoms with E-state index in [4.69, 9.17) is 5.11 Å². The largest absolute Gasteiger partial charge is 0.396 e. The Bertz CT molecular complexity index is 183. The molecular weight excluding hydrogens is 211 g/mol. The molecule has 0 aromatic rings. The molecule has 0 rings (SSSR count). The van der Waals surface area contributed by atoms with Crippen LogP contribution in [-0.4, -0.2) is 30.3 Å². The fraction of sp³-hybridized carbons (Fsp3) is 0.889. The number of amides is 1. The highest BCUT2D eigenvalue weighted by atomic mass is 19.4. The molecule has 15 heavy (non-hydrogen) atoms. The molecule has 0 spiro atoms. The van der Waals surface area contributed by atoms with Gasteiger partial charge in [-0.3, -0.25) is 4.79 Å². The zero-order valence-corrected chi connectivity index (χ0v) is 8.44. The summed E-state index contributed by atoms with van der Waals surface area (Å²) in [7, 11) is 0. The van der Waals surface area contributed by atoms with Crippen molar-refractivity contribution in [3.05, 3.63) is 0 Å². The SMILES string of the molecule is O=C(CCCCO)NCCCC(F)(F)F. The van der Waals surface area contributed by atoms with Crippen LogP contribution in [0.25, 0.3) is 0 Å². The van der Waals surface area contributed by atoms with E-state index in [1.54, 1.807) is 0 Å². The summed E-state index contributed by atoms with van der Waals surface area (Å²) in [6, 6.07) is 0. The van der Waals surface area contributed by atoms with Crippen LogP contribution in [0.2, 0.25) is 0 Å². The number of halogens is 3. The Morgan fingerprint density at radius 3 is 2.40 bits per heavy atom. The maximum atomic E-state index is 11.7. The third-order valence-electron chi connectivity index (χ3n) is 1.77. The van der Waals surface area contributed by atoms with Crippen LogP contribution >= 0.6 is 0 Å². The van der Waals surface area contributed by atoms with E-state index in [9.17, 15) is 18.0 Å². The van der Waals surface area contributed by atoms with Gasteiger partial charge in [0.25, 0.3) is 0 Å². The monoisotopic (exact) mass is 227 g/mol. The second-order valence-corrected chi connectivity index (χ2v) is 3.25. The minimum absolute atomic E-state index is 0.0291. The number of unbranched alkanes of at least 4 members (excludes halogenated alkanes) is 1. The molecule has 2 N–H and O–H groups in total. The van der Waals surface area contributed by atoms with Crippen molar-refractivity contribution in [3.8, 4) is 0 Å².